The number of rotatable bonds is 7. The third-order valence-electron chi connectivity index (χ3n) is 3.90. The summed E-state index contributed by atoms with van der Waals surface area (Å²) in [5.74, 6) is 1.33. The van der Waals surface area contributed by atoms with Crippen LogP contribution in [0.25, 0.3) is 0 Å². The predicted octanol–water partition coefficient (Wildman–Crippen LogP) is 3.15. The topological polar surface area (TPSA) is 47.0 Å². The molecule has 1 atom stereocenters. The third kappa shape index (κ3) is 5.04. The summed E-state index contributed by atoms with van der Waals surface area (Å²) in [6.07, 6.45) is 1.01. The molecule has 1 rings (SSSR count). The Morgan fingerprint density at radius 3 is 2.05 bits per heavy atom. The van der Waals surface area contributed by atoms with Crippen molar-refractivity contribution in [3.05, 3.63) is 22.8 Å². The molecule has 0 fully saturated rings. The SMILES string of the molecule is COC(C)(C)c1nc(C)c(CC(C)CNC(C)C)c(C)n1. The van der Waals surface area contributed by atoms with Crippen molar-refractivity contribution in [1.82, 2.24) is 15.3 Å². The van der Waals surface area contributed by atoms with Crippen molar-refractivity contribution < 1.29 is 4.74 Å². The maximum atomic E-state index is 5.48. The van der Waals surface area contributed by atoms with Crippen molar-refractivity contribution in [3.8, 4) is 0 Å². The second-order valence-corrected chi connectivity index (χ2v) is 6.78. The molecule has 120 valence electrons. The third-order valence-corrected chi connectivity index (χ3v) is 3.90. The van der Waals surface area contributed by atoms with E-state index < -0.39 is 5.60 Å². The van der Waals surface area contributed by atoms with Gasteiger partial charge in [0.05, 0.1) is 0 Å². The molecule has 4 heteroatoms. The summed E-state index contributed by atoms with van der Waals surface area (Å²) < 4.78 is 5.48. The fourth-order valence-electron chi connectivity index (χ4n) is 2.25. The number of ether oxygens (including phenoxy) is 1. The van der Waals surface area contributed by atoms with Crippen LogP contribution in [0, 0.1) is 19.8 Å². The molecule has 0 radical (unpaired) electrons. The molecule has 1 N–H and O–H groups in total. The van der Waals surface area contributed by atoms with Crippen LogP contribution in [0.4, 0.5) is 0 Å². The first-order valence-corrected chi connectivity index (χ1v) is 7.80. The van der Waals surface area contributed by atoms with E-state index >= 15 is 0 Å². The van der Waals surface area contributed by atoms with Gasteiger partial charge in [0.25, 0.3) is 0 Å². The summed E-state index contributed by atoms with van der Waals surface area (Å²) in [5.41, 5.74) is 2.96. The average molecular weight is 293 g/mol. The Labute approximate surface area is 129 Å². The number of aryl methyl sites for hydroxylation is 2. The van der Waals surface area contributed by atoms with Crippen LogP contribution in [0.15, 0.2) is 0 Å². The fourth-order valence-corrected chi connectivity index (χ4v) is 2.25. The van der Waals surface area contributed by atoms with Crippen LogP contribution in [-0.4, -0.2) is 29.7 Å². The number of methoxy groups -OCH3 is 1. The summed E-state index contributed by atoms with van der Waals surface area (Å²) in [7, 11) is 1.70. The van der Waals surface area contributed by atoms with E-state index in [1.807, 2.05) is 13.8 Å². The smallest absolute Gasteiger partial charge is 0.160 e. The van der Waals surface area contributed by atoms with Gasteiger partial charge in [-0.25, -0.2) is 9.97 Å². The van der Waals surface area contributed by atoms with Gasteiger partial charge >= 0.3 is 0 Å². The molecular weight excluding hydrogens is 262 g/mol. The van der Waals surface area contributed by atoms with Crippen molar-refractivity contribution in [2.45, 2.75) is 66.5 Å². The minimum Gasteiger partial charge on any atom is -0.371 e. The number of aromatic nitrogens is 2. The molecule has 0 aliphatic heterocycles. The van der Waals surface area contributed by atoms with Crippen molar-refractivity contribution in [2.75, 3.05) is 13.7 Å². The monoisotopic (exact) mass is 293 g/mol. The average Bonchev–Trinajstić information content (AvgIpc) is 2.40. The number of nitrogens with zero attached hydrogens (tertiary/aromatic N) is 2. The van der Waals surface area contributed by atoms with Gasteiger partial charge in [0.15, 0.2) is 5.82 Å². The number of nitrogens with one attached hydrogen (secondary N) is 1. The standard InChI is InChI=1S/C17H31N3O/c1-11(2)18-10-12(3)9-15-13(4)19-16(20-14(15)5)17(6,7)21-8/h11-12,18H,9-10H2,1-8H3. The van der Waals surface area contributed by atoms with Crippen LogP contribution in [0.1, 0.15) is 57.4 Å². The Morgan fingerprint density at radius 2 is 1.62 bits per heavy atom. The molecule has 0 saturated heterocycles. The van der Waals surface area contributed by atoms with Gasteiger partial charge in [-0.15, -0.1) is 0 Å². The minimum atomic E-state index is -0.446. The molecule has 0 amide bonds. The van der Waals surface area contributed by atoms with E-state index in [1.54, 1.807) is 7.11 Å². The van der Waals surface area contributed by atoms with Gasteiger partial charge in [-0.3, -0.25) is 0 Å². The van der Waals surface area contributed by atoms with Crippen LogP contribution in [0.2, 0.25) is 0 Å². The van der Waals surface area contributed by atoms with E-state index in [4.69, 9.17) is 4.74 Å². The lowest BCUT2D eigenvalue weighted by Gasteiger charge is -2.23. The first-order valence-electron chi connectivity index (χ1n) is 7.80. The van der Waals surface area contributed by atoms with Gasteiger partial charge in [-0.2, -0.15) is 0 Å². The molecule has 1 aromatic rings. The molecule has 1 unspecified atom stereocenters. The largest absolute Gasteiger partial charge is 0.371 e. The zero-order chi connectivity index (χ0) is 16.2. The van der Waals surface area contributed by atoms with Gasteiger partial charge in [0.1, 0.15) is 5.60 Å². The van der Waals surface area contributed by atoms with E-state index in [1.165, 1.54) is 5.56 Å². The van der Waals surface area contributed by atoms with Gasteiger partial charge in [-0.1, -0.05) is 20.8 Å². The zero-order valence-corrected chi connectivity index (χ0v) is 14.9. The molecular formula is C17H31N3O. The van der Waals surface area contributed by atoms with E-state index in [2.05, 4.69) is 49.9 Å². The summed E-state index contributed by atoms with van der Waals surface area (Å²) >= 11 is 0. The molecule has 0 spiro atoms. The van der Waals surface area contributed by atoms with Gasteiger partial charge in [-0.05, 0) is 52.1 Å². The lowest BCUT2D eigenvalue weighted by atomic mass is 9.97. The second-order valence-electron chi connectivity index (χ2n) is 6.78. The summed E-state index contributed by atoms with van der Waals surface area (Å²) in [5, 5.41) is 3.49. The normalized spacial score (nSPS) is 13.8. The molecule has 0 aliphatic rings. The highest BCUT2D eigenvalue weighted by molar-refractivity contribution is 5.26. The molecule has 0 bridgehead atoms. The van der Waals surface area contributed by atoms with E-state index in [-0.39, 0.29) is 0 Å². The maximum absolute atomic E-state index is 5.48. The van der Waals surface area contributed by atoms with Gasteiger partial charge in [0.2, 0.25) is 0 Å². The highest BCUT2D eigenvalue weighted by Gasteiger charge is 2.25. The lowest BCUT2D eigenvalue weighted by molar-refractivity contribution is 0.0111. The van der Waals surface area contributed by atoms with E-state index in [0.29, 0.717) is 12.0 Å². The Bertz CT molecular complexity index is 446. The van der Waals surface area contributed by atoms with E-state index in [0.717, 1.165) is 30.2 Å². The molecule has 0 aromatic carbocycles. The Morgan fingerprint density at radius 1 is 1.10 bits per heavy atom. The highest BCUT2D eigenvalue weighted by Crippen LogP contribution is 2.23. The number of hydrogen-bond acceptors (Lipinski definition) is 4. The van der Waals surface area contributed by atoms with Crippen LogP contribution in [0.5, 0.6) is 0 Å². The molecule has 1 aromatic heterocycles. The molecule has 0 saturated carbocycles. The summed E-state index contributed by atoms with van der Waals surface area (Å²) in [6.45, 7) is 15.8. The van der Waals surface area contributed by atoms with Crippen molar-refractivity contribution in [1.29, 1.82) is 0 Å². The summed E-state index contributed by atoms with van der Waals surface area (Å²) in [4.78, 5) is 9.34. The molecule has 0 aliphatic carbocycles. The second kappa shape index (κ2) is 7.32. The fraction of sp³-hybridized carbons (Fsp3) is 0.765. The Balaban J connectivity index is 2.90. The van der Waals surface area contributed by atoms with Crippen LogP contribution in [-0.2, 0) is 16.8 Å². The van der Waals surface area contributed by atoms with Gasteiger partial charge < -0.3 is 10.1 Å². The predicted molar refractivity (Wildman–Crippen MR) is 87.5 cm³/mol. The van der Waals surface area contributed by atoms with E-state index in [9.17, 15) is 0 Å². The minimum absolute atomic E-state index is 0.446. The van der Waals surface area contributed by atoms with Crippen molar-refractivity contribution >= 4 is 0 Å². The highest BCUT2D eigenvalue weighted by atomic mass is 16.5. The molecule has 21 heavy (non-hydrogen) atoms. The molecule has 4 nitrogen and oxygen atoms in total. The first-order chi connectivity index (χ1) is 9.67. The molecule has 1 heterocycles. The summed E-state index contributed by atoms with van der Waals surface area (Å²) in [6, 6.07) is 0.524. The zero-order valence-electron chi connectivity index (χ0n) is 14.9. The first kappa shape index (κ1) is 18.1. The van der Waals surface area contributed by atoms with Crippen LogP contribution < -0.4 is 5.32 Å². The Hall–Kier alpha value is -1.00. The van der Waals surface area contributed by atoms with Crippen molar-refractivity contribution in [2.24, 2.45) is 5.92 Å². The van der Waals surface area contributed by atoms with Gasteiger partial charge in [0, 0.05) is 24.5 Å². The maximum Gasteiger partial charge on any atom is 0.160 e. The Kier molecular flexibility index (Phi) is 6.29. The number of hydrogen-bond donors (Lipinski definition) is 1. The van der Waals surface area contributed by atoms with Crippen LogP contribution >= 0.6 is 0 Å². The lowest BCUT2D eigenvalue weighted by Crippen LogP contribution is -2.29. The van der Waals surface area contributed by atoms with Crippen molar-refractivity contribution in [3.63, 3.8) is 0 Å². The van der Waals surface area contributed by atoms with Crippen LogP contribution in [0.3, 0.4) is 0 Å². The quantitative estimate of drug-likeness (QED) is 0.839.